The number of carbonyl (C=O) groups excluding carboxylic acids is 2. The fraction of sp³-hybridized carbons (Fsp3) is 0.951. The van der Waals surface area contributed by atoms with Crippen molar-refractivity contribution in [3.8, 4) is 0 Å². The van der Waals surface area contributed by atoms with Crippen LogP contribution in [0.25, 0.3) is 0 Å². The number of esters is 2. The van der Waals surface area contributed by atoms with E-state index in [1.807, 2.05) is 0 Å². The lowest BCUT2D eigenvalue weighted by molar-refractivity contribution is -0.161. The van der Waals surface area contributed by atoms with Gasteiger partial charge in [0.2, 0.25) is 0 Å². The standard InChI is InChI=1S/C41H81O8P/c1-3-5-7-9-11-13-14-15-16-17-18-19-20-21-22-23-24-25-26-28-30-32-34-36-41(43)49-39(38-48-50(44,45)46)37-47-40(42)35-33-31-29-27-12-10-8-6-4-2/h39H,3-38H2,1-2H3,(H2,44,45,46). The molecule has 8 nitrogen and oxygen atoms in total. The van der Waals surface area contributed by atoms with Crippen molar-refractivity contribution in [2.24, 2.45) is 0 Å². The Labute approximate surface area is 308 Å². The summed E-state index contributed by atoms with van der Waals surface area (Å²) in [6, 6.07) is 0. The van der Waals surface area contributed by atoms with Crippen LogP contribution in [0.1, 0.15) is 232 Å². The van der Waals surface area contributed by atoms with Gasteiger partial charge in [0.1, 0.15) is 6.61 Å². The molecule has 0 aliphatic rings. The summed E-state index contributed by atoms with van der Waals surface area (Å²) < 4.78 is 26.3. The topological polar surface area (TPSA) is 119 Å². The van der Waals surface area contributed by atoms with Crippen LogP contribution in [0, 0.1) is 0 Å². The van der Waals surface area contributed by atoms with Crippen LogP contribution in [0.4, 0.5) is 0 Å². The first-order valence-electron chi connectivity index (χ1n) is 21.3. The number of phosphoric ester groups is 1. The first-order valence-corrected chi connectivity index (χ1v) is 22.9. The predicted octanol–water partition coefficient (Wildman–Crippen LogP) is 12.9. The fourth-order valence-electron chi connectivity index (χ4n) is 6.43. The molecular weight excluding hydrogens is 651 g/mol. The third kappa shape index (κ3) is 39.8. The van der Waals surface area contributed by atoms with Gasteiger partial charge >= 0.3 is 19.8 Å². The molecule has 0 radical (unpaired) electrons. The second kappa shape index (κ2) is 37.8. The minimum Gasteiger partial charge on any atom is -0.462 e. The quantitative estimate of drug-likeness (QED) is 0.0363. The molecule has 2 N–H and O–H groups in total. The monoisotopic (exact) mass is 733 g/mol. The van der Waals surface area contributed by atoms with E-state index in [2.05, 4.69) is 18.4 Å². The molecular formula is C41H81O8P. The number of unbranched alkanes of at least 4 members (excludes halogenated alkanes) is 30. The Kier molecular flexibility index (Phi) is 37.1. The second-order valence-electron chi connectivity index (χ2n) is 14.7. The highest BCUT2D eigenvalue weighted by Gasteiger charge is 2.22. The highest BCUT2D eigenvalue weighted by molar-refractivity contribution is 7.46. The Bertz CT molecular complexity index is 787. The van der Waals surface area contributed by atoms with E-state index >= 15 is 0 Å². The predicted molar refractivity (Wildman–Crippen MR) is 207 cm³/mol. The maximum atomic E-state index is 12.4. The largest absolute Gasteiger partial charge is 0.469 e. The summed E-state index contributed by atoms with van der Waals surface area (Å²) in [4.78, 5) is 42.7. The van der Waals surface area contributed by atoms with Crippen molar-refractivity contribution in [3.05, 3.63) is 0 Å². The molecule has 0 heterocycles. The smallest absolute Gasteiger partial charge is 0.462 e. The van der Waals surface area contributed by atoms with E-state index < -0.39 is 32.5 Å². The van der Waals surface area contributed by atoms with Crippen LogP contribution in [-0.4, -0.2) is 41.0 Å². The normalized spacial score (nSPS) is 12.3. The van der Waals surface area contributed by atoms with Gasteiger partial charge in [0, 0.05) is 12.8 Å². The Balaban J connectivity index is 3.74. The van der Waals surface area contributed by atoms with Gasteiger partial charge in [0.05, 0.1) is 6.61 Å². The SMILES string of the molecule is CCCCCCCCCCCCCCCCCCCCCCCCCC(=O)OC(COC(=O)CCCCCCCCCCC)COP(=O)(O)O. The maximum absolute atomic E-state index is 12.4. The van der Waals surface area contributed by atoms with E-state index in [0.29, 0.717) is 6.42 Å². The lowest BCUT2D eigenvalue weighted by Crippen LogP contribution is -2.29. The molecule has 0 rings (SSSR count). The summed E-state index contributed by atoms with van der Waals surface area (Å²) in [5, 5.41) is 0. The number of hydrogen-bond acceptors (Lipinski definition) is 6. The van der Waals surface area contributed by atoms with Crippen molar-refractivity contribution in [2.75, 3.05) is 13.2 Å². The van der Waals surface area contributed by atoms with Crippen LogP contribution >= 0.6 is 7.82 Å². The van der Waals surface area contributed by atoms with Crippen molar-refractivity contribution in [1.82, 2.24) is 0 Å². The van der Waals surface area contributed by atoms with Gasteiger partial charge in [-0.2, -0.15) is 0 Å². The Hall–Kier alpha value is -0.950. The molecule has 0 amide bonds. The molecule has 0 saturated heterocycles. The van der Waals surface area contributed by atoms with Gasteiger partial charge in [-0.3, -0.25) is 14.1 Å². The lowest BCUT2D eigenvalue weighted by Gasteiger charge is -2.18. The van der Waals surface area contributed by atoms with Crippen LogP contribution in [0.3, 0.4) is 0 Å². The summed E-state index contributed by atoms with van der Waals surface area (Å²) in [6.45, 7) is 3.69. The van der Waals surface area contributed by atoms with Gasteiger partial charge in [0.15, 0.2) is 6.10 Å². The fourth-order valence-corrected chi connectivity index (χ4v) is 6.79. The number of carbonyl (C=O) groups is 2. The summed E-state index contributed by atoms with van der Waals surface area (Å²) in [6.07, 6.45) is 39.9. The molecule has 0 aromatic carbocycles. The lowest BCUT2D eigenvalue weighted by atomic mass is 10.0. The van der Waals surface area contributed by atoms with Gasteiger partial charge in [-0.15, -0.1) is 0 Å². The third-order valence-electron chi connectivity index (χ3n) is 9.63. The van der Waals surface area contributed by atoms with Gasteiger partial charge in [-0.1, -0.05) is 206 Å². The number of phosphoric acid groups is 1. The first kappa shape index (κ1) is 49.0. The molecule has 0 aromatic rings. The van der Waals surface area contributed by atoms with Gasteiger partial charge in [0.25, 0.3) is 0 Å². The Morgan fingerprint density at radius 3 is 1.02 bits per heavy atom. The number of hydrogen-bond donors (Lipinski definition) is 2. The molecule has 0 aliphatic carbocycles. The third-order valence-corrected chi connectivity index (χ3v) is 10.1. The minimum absolute atomic E-state index is 0.220. The molecule has 298 valence electrons. The van der Waals surface area contributed by atoms with Crippen LogP contribution in [0.2, 0.25) is 0 Å². The maximum Gasteiger partial charge on any atom is 0.469 e. The molecule has 1 unspecified atom stereocenters. The van der Waals surface area contributed by atoms with Gasteiger partial charge < -0.3 is 19.3 Å². The molecule has 1 atom stereocenters. The average Bonchev–Trinajstić information content (AvgIpc) is 3.08. The Morgan fingerprint density at radius 1 is 0.440 bits per heavy atom. The van der Waals surface area contributed by atoms with Gasteiger partial charge in [-0.25, -0.2) is 4.57 Å². The van der Waals surface area contributed by atoms with Crippen molar-refractivity contribution in [2.45, 2.75) is 238 Å². The van der Waals surface area contributed by atoms with Crippen molar-refractivity contribution in [1.29, 1.82) is 0 Å². The molecule has 0 aromatic heterocycles. The zero-order valence-corrected chi connectivity index (χ0v) is 33.7. The van der Waals surface area contributed by atoms with Crippen molar-refractivity contribution >= 4 is 19.8 Å². The molecule has 50 heavy (non-hydrogen) atoms. The van der Waals surface area contributed by atoms with Crippen LogP contribution in [0.15, 0.2) is 0 Å². The van der Waals surface area contributed by atoms with Crippen LogP contribution in [0.5, 0.6) is 0 Å². The number of ether oxygens (including phenoxy) is 2. The molecule has 0 aliphatic heterocycles. The zero-order chi connectivity index (χ0) is 36.8. The summed E-state index contributed by atoms with van der Waals surface area (Å²) >= 11 is 0. The number of rotatable bonds is 40. The van der Waals surface area contributed by atoms with Crippen LogP contribution < -0.4 is 0 Å². The van der Waals surface area contributed by atoms with E-state index in [0.717, 1.165) is 32.1 Å². The second-order valence-corrected chi connectivity index (χ2v) is 15.9. The van der Waals surface area contributed by atoms with E-state index in [1.165, 1.54) is 167 Å². The van der Waals surface area contributed by atoms with Gasteiger partial charge in [-0.05, 0) is 12.8 Å². The molecule has 0 bridgehead atoms. The highest BCUT2D eigenvalue weighted by atomic mass is 31.2. The molecule has 0 spiro atoms. The molecule has 9 heteroatoms. The van der Waals surface area contributed by atoms with E-state index in [9.17, 15) is 14.2 Å². The Morgan fingerprint density at radius 2 is 0.720 bits per heavy atom. The van der Waals surface area contributed by atoms with E-state index in [1.54, 1.807) is 0 Å². The first-order chi connectivity index (χ1) is 24.3. The van der Waals surface area contributed by atoms with Crippen molar-refractivity contribution in [3.63, 3.8) is 0 Å². The average molecular weight is 733 g/mol. The van der Waals surface area contributed by atoms with Crippen LogP contribution in [-0.2, 0) is 28.2 Å². The van der Waals surface area contributed by atoms with Crippen molar-refractivity contribution < 1.29 is 37.9 Å². The van der Waals surface area contributed by atoms with E-state index in [4.69, 9.17) is 19.3 Å². The minimum atomic E-state index is -4.74. The molecule has 0 saturated carbocycles. The highest BCUT2D eigenvalue weighted by Crippen LogP contribution is 2.36. The van der Waals surface area contributed by atoms with E-state index in [-0.39, 0.29) is 19.4 Å². The summed E-state index contributed by atoms with van der Waals surface area (Å²) in [7, 11) is -4.74. The summed E-state index contributed by atoms with van der Waals surface area (Å²) in [5.74, 6) is -0.872. The summed E-state index contributed by atoms with van der Waals surface area (Å²) in [5.41, 5.74) is 0. The zero-order valence-electron chi connectivity index (χ0n) is 32.8. The molecule has 0 fully saturated rings.